The molecule has 0 radical (unpaired) electrons. The van der Waals surface area contributed by atoms with E-state index in [2.05, 4.69) is 0 Å². The van der Waals surface area contributed by atoms with Gasteiger partial charge in [0, 0.05) is 0 Å². The van der Waals surface area contributed by atoms with Gasteiger partial charge in [-0.3, -0.25) is 0 Å². The molecule has 108 valence electrons. The Balaban J connectivity index is 0. The van der Waals surface area contributed by atoms with Crippen LogP contribution in [0.1, 0.15) is 18.6 Å². The van der Waals surface area contributed by atoms with Gasteiger partial charge in [-0.1, -0.05) is 43.8 Å². The van der Waals surface area contributed by atoms with Crippen LogP contribution >= 0.6 is 19.1 Å². The Bertz CT molecular complexity index is 470. The first kappa shape index (κ1) is 21.0. The first-order valence-electron chi connectivity index (χ1n) is 5.01. The number of halogens is 2. The van der Waals surface area contributed by atoms with Crippen molar-refractivity contribution in [3.8, 4) is 12.1 Å². The number of benzene rings is 2. The fourth-order valence-electron chi connectivity index (χ4n) is 1.03. The van der Waals surface area contributed by atoms with Gasteiger partial charge >= 0.3 is 35.0 Å². The summed E-state index contributed by atoms with van der Waals surface area (Å²) in [7, 11) is 9.63. The number of hydrogen-bond acceptors (Lipinski definition) is 2. The summed E-state index contributed by atoms with van der Waals surface area (Å²) in [5.41, 5.74) is 1.43. The van der Waals surface area contributed by atoms with Crippen LogP contribution in [0.2, 0.25) is 0 Å². The third-order valence-electron chi connectivity index (χ3n) is 1.81. The Morgan fingerprint density at radius 1 is 0.700 bits per heavy atom. The minimum atomic E-state index is -0.106. The molecule has 0 aliphatic heterocycles. The van der Waals surface area contributed by atoms with Crippen LogP contribution < -0.4 is 0 Å². The van der Waals surface area contributed by atoms with Gasteiger partial charge in [-0.2, -0.15) is 10.5 Å². The maximum absolute atomic E-state index is 8.29. The molecule has 0 saturated carbocycles. The van der Waals surface area contributed by atoms with Gasteiger partial charge in [-0.15, -0.1) is 0 Å². The van der Waals surface area contributed by atoms with Crippen molar-refractivity contribution in [2.75, 3.05) is 0 Å². The van der Waals surface area contributed by atoms with Crippen LogP contribution in [0.15, 0.2) is 60.7 Å². The van der Waals surface area contributed by atoms with E-state index in [1.165, 1.54) is 0 Å². The zero-order valence-electron chi connectivity index (χ0n) is 9.74. The average Bonchev–Trinajstić information content (AvgIpc) is 2.50. The summed E-state index contributed by atoms with van der Waals surface area (Å²) in [5.74, 6) is 0. The summed E-state index contributed by atoms with van der Waals surface area (Å²) in [6.07, 6.45) is 0. The van der Waals surface area contributed by atoms with E-state index in [1.54, 1.807) is 24.3 Å². The zero-order chi connectivity index (χ0) is 14.3. The van der Waals surface area contributed by atoms with E-state index in [4.69, 9.17) is 29.6 Å². The molecular formula is C15H14Cl2N2Pd. The van der Waals surface area contributed by atoms with Crippen LogP contribution in [0.25, 0.3) is 0 Å². The predicted octanol–water partition coefficient (Wildman–Crippen LogP) is 5.13. The van der Waals surface area contributed by atoms with Crippen LogP contribution in [0.3, 0.4) is 0 Å². The van der Waals surface area contributed by atoms with E-state index in [9.17, 15) is 0 Å². The predicted molar refractivity (Wildman–Crippen MR) is 80.8 cm³/mol. The number of nitrogens with zero attached hydrogens (tertiary/aromatic N) is 2. The fourth-order valence-corrected chi connectivity index (χ4v) is 1.03. The van der Waals surface area contributed by atoms with Crippen molar-refractivity contribution in [2.45, 2.75) is 7.43 Å². The topological polar surface area (TPSA) is 47.6 Å². The third kappa shape index (κ3) is 11.7. The standard InChI is InChI=1S/2C7H5N.CH4.2ClH.Pd/c2*8-6-7-4-2-1-3-5-7;;;;/h2*1-5H;1H4;2*1H;/q;;;;;+2/p-2. The molecule has 0 heterocycles. The van der Waals surface area contributed by atoms with E-state index in [1.807, 2.05) is 48.5 Å². The molecule has 0 aliphatic carbocycles. The summed E-state index contributed by atoms with van der Waals surface area (Å²) in [6, 6.07) is 22.3. The van der Waals surface area contributed by atoms with Crippen molar-refractivity contribution in [2.24, 2.45) is 0 Å². The van der Waals surface area contributed by atoms with Crippen LogP contribution in [0.4, 0.5) is 0 Å². The maximum atomic E-state index is 8.29. The van der Waals surface area contributed by atoms with Crippen molar-refractivity contribution < 1.29 is 15.9 Å². The normalized spacial score (nSPS) is 7.40. The molecule has 20 heavy (non-hydrogen) atoms. The van der Waals surface area contributed by atoms with Gasteiger partial charge in [0.25, 0.3) is 0 Å². The van der Waals surface area contributed by atoms with Gasteiger partial charge in [-0.05, 0) is 24.3 Å². The van der Waals surface area contributed by atoms with Gasteiger partial charge in [0.1, 0.15) is 0 Å². The summed E-state index contributed by atoms with van der Waals surface area (Å²) in [6.45, 7) is 0. The summed E-state index contributed by atoms with van der Waals surface area (Å²) >= 11 is -0.106. The van der Waals surface area contributed by atoms with E-state index in [0.717, 1.165) is 0 Å². The minimum absolute atomic E-state index is 0. The van der Waals surface area contributed by atoms with E-state index in [0.29, 0.717) is 11.1 Å². The van der Waals surface area contributed by atoms with Gasteiger partial charge in [-0.25, -0.2) is 0 Å². The van der Waals surface area contributed by atoms with Gasteiger partial charge in [0.15, 0.2) is 0 Å². The van der Waals surface area contributed by atoms with Gasteiger partial charge in [0.05, 0.1) is 23.3 Å². The summed E-state index contributed by atoms with van der Waals surface area (Å²) in [4.78, 5) is 0. The van der Waals surface area contributed by atoms with Gasteiger partial charge < -0.3 is 0 Å². The molecule has 2 aromatic rings. The van der Waals surface area contributed by atoms with Crippen LogP contribution in [0, 0.1) is 22.7 Å². The van der Waals surface area contributed by atoms with Crippen molar-refractivity contribution in [1.82, 2.24) is 0 Å². The molecule has 0 bridgehead atoms. The second-order valence-electron chi connectivity index (χ2n) is 3.00. The Labute approximate surface area is 136 Å². The van der Waals surface area contributed by atoms with Crippen molar-refractivity contribution in [1.29, 1.82) is 10.5 Å². The Morgan fingerprint density at radius 2 is 0.950 bits per heavy atom. The average molecular weight is 400 g/mol. The molecule has 0 fully saturated rings. The molecule has 0 amide bonds. The first-order chi connectivity index (χ1) is 9.28. The molecular weight excluding hydrogens is 386 g/mol. The molecule has 2 nitrogen and oxygen atoms in total. The summed E-state index contributed by atoms with van der Waals surface area (Å²) in [5, 5.41) is 16.6. The van der Waals surface area contributed by atoms with Gasteiger partial charge in [0.2, 0.25) is 0 Å². The molecule has 0 N–H and O–H groups in total. The second kappa shape index (κ2) is 15.7. The van der Waals surface area contributed by atoms with Crippen molar-refractivity contribution >= 4 is 19.1 Å². The Kier molecular flexibility index (Phi) is 16.5. The quantitative estimate of drug-likeness (QED) is 0.577. The SMILES string of the molecule is C.N#Cc1ccccc1.N#Cc1ccccc1.[Cl][Pd][Cl]. The molecule has 0 aliphatic rings. The zero-order valence-corrected chi connectivity index (χ0v) is 12.8. The molecule has 0 atom stereocenters. The van der Waals surface area contributed by atoms with E-state index in [-0.39, 0.29) is 23.4 Å². The molecule has 0 unspecified atom stereocenters. The molecule has 2 rings (SSSR count). The van der Waals surface area contributed by atoms with Crippen molar-refractivity contribution in [3.63, 3.8) is 0 Å². The molecule has 0 saturated heterocycles. The Hall–Kier alpha value is -1.34. The third-order valence-corrected chi connectivity index (χ3v) is 1.81. The van der Waals surface area contributed by atoms with E-state index < -0.39 is 0 Å². The number of hydrogen-bond donors (Lipinski definition) is 0. The monoisotopic (exact) mass is 398 g/mol. The molecule has 2 aromatic carbocycles. The number of nitriles is 2. The molecule has 0 aromatic heterocycles. The molecule has 5 heteroatoms. The molecule has 0 spiro atoms. The van der Waals surface area contributed by atoms with Crippen LogP contribution in [0.5, 0.6) is 0 Å². The van der Waals surface area contributed by atoms with E-state index >= 15 is 0 Å². The second-order valence-corrected chi connectivity index (χ2v) is 5.36. The van der Waals surface area contributed by atoms with Crippen molar-refractivity contribution in [3.05, 3.63) is 71.8 Å². The summed E-state index contributed by atoms with van der Waals surface area (Å²) < 4.78 is 0. The number of rotatable bonds is 0. The first-order valence-corrected chi connectivity index (χ1v) is 9.01. The van der Waals surface area contributed by atoms with Crippen LogP contribution in [-0.2, 0) is 15.9 Å². The Morgan fingerprint density at radius 3 is 1.10 bits per heavy atom. The van der Waals surface area contributed by atoms with Crippen LogP contribution in [-0.4, -0.2) is 0 Å². The fraction of sp³-hybridized carbons (Fsp3) is 0.0667.